The summed E-state index contributed by atoms with van der Waals surface area (Å²) in [6.07, 6.45) is 4.34. The minimum Gasteiger partial charge on any atom is -0.497 e. The Bertz CT molecular complexity index is 530. The molecule has 1 aromatic heterocycles. The SMILES string of the molecule is COc1ccc(N(CCCN)c2ncc(Br)cn2)cc1. The van der Waals surface area contributed by atoms with E-state index in [1.165, 1.54) is 0 Å². The van der Waals surface area contributed by atoms with E-state index in [0.29, 0.717) is 12.5 Å². The molecule has 2 N–H and O–H groups in total. The Hall–Kier alpha value is -1.66. The molecule has 1 aromatic carbocycles. The topological polar surface area (TPSA) is 64.3 Å². The predicted molar refractivity (Wildman–Crippen MR) is 83.4 cm³/mol. The van der Waals surface area contributed by atoms with E-state index in [1.54, 1.807) is 19.5 Å². The number of hydrogen-bond donors (Lipinski definition) is 1. The summed E-state index contributed by atoms with van der Waals surface area (Å²) in [6.45, 7) is 1.40. The number of halogens is 1. The summed E-state index contributed by atoms with van der Waals surface area (Å²) in [5, 5.41) is 0. The number of methoxy groups -OCH3 is 1. The zero-order valence-corrected chi connectivity index (χ0v) is 12.9. The maximum absolute atomic E-state index is 5.61. The molecule has 20 heavy (non-hydrogen) atoms. The van der Waals surface area contributed by atoms with E-state index in [0.717, 1.165) is 28.9 Å². The largest absolute Gasteiger partial charge is 0.497 e. The number of aromatic nitrogens is 2. The zero-order valence-electron chi connectivity index (χ0n) is 11.3. The molecule has 6 heteroatoms. The average molecular weight is 337 g/mol. The molecule has 106 valence electrons. The zero-order chi connectivity index (χ0) is 14.4. The molecule has 0 saturated heterocycles. The molecule has 0 unspecified atom stereocenters. The lowest BCUT2D eigenvalue weighted by molar-refractivity contribution is 0.415. The van der Waals surface area contributed by atoms with Crippen LogP contribution in [0.3, 0.4) is 0 Å². The van der Waals surface area contributed by atoms with E-state index < -0.39 is 0 Å². The Kier molecular flexibility index (Phi) is 5.31. The molecule has 0 amide bonds. The molecule has 5 nitrogen and oxygen atoms in total. The summed E-state index contributed by atoms with van der Waals surface area (Å²) >= 11 is 3.34. The van der Waals surface area contributed by atoms with E-state index in [9.17, 15) is 0 Å². The van der Waals surface area contributed by atoms with Crippen molar-refractivity contribution in [2.24, 2.45) is 5.73 Å². The number of nitrogens with zero attached hydrogens (tertiary/aromatic N) is 3. The van der Waals surface area contributed by atoms with Crippen molar-refractivity contribution in [3.63, 3.8) is 0 Å². The quantitative estimate of drug-likeness (QED) is 0.878. The number of benzene rings is 1. The molecule has 1 heterocycles. The molecule has 2 aromatic rings. The standard InChI is InChI=1S/C14H17BrN4O/c1-20-13-5-3-12(4-6-13)19(8-2-7-16)14-17-9-11(15)10-18-14/h3-6,9-10H,2,7-8,16H2,1H3. The third kappa shape index (κ3) is 3.68. The molecule has 2 rings (SSSR count). The molecule has 0 atom stereocenters. The first-order valence-electron chi connectivity index (χ1n) is 6.34. The summed E-state index contributed by atoms with van der Waals surface area (Å²) in [6, 6.07) is 7.81. The van der Waals surface area contributed by atoms with Crippen molar-refractivity contribution in [3.05, 3.63) is 41.1 Å². The van der Waals surface area contributed by atoms with Crippen molar-refractivity contribution in [3.8, 4) is 5.75 Å². The van der Waals surface area contributed by atoms with Crippen molar-refractivity contribution in [2.45, 2.75) is 6.42 Å². The van der Waals surface area contributed by atoms with Crippen molar-refractivity contribution in [1.29, 1.82) is 0 Å². The molecule has 0 fully saturated rings. The van der Waals surface area contributed by atoms with E-state index in [2.05, 4.69) is 25.9 Å². The van der Waals surface area contributed by atoms with Crippen LogP contribution < -0.4 is 15.4 Å². The number of hydrogen-bond acceptors (Lipinski definition) is 5. The summed E-state index contributed by atoms with van der Waals surface area (Å²) in [5.74, 6) is 1.48. The van der Waals surface area contributed by atoms with Gasteiger partial charge in [0.25, 0.3) is 0 Å². The van der Waals surface area contributed by atoms with E-state index in [4.69, 9.17) is 10.5 Å². The second-order valence-corrected chi connectivity index (χ2v) is 5.11. The third-order valence-electron chi connectivity index (χ3n) is 2.82. The van der Waals surface area contributed by atoms with Gasteiger partial charge in [-0.15, -0.1) is 0 Å². The molecular formula is C14H17BrN4O. The minimum absolute atomic E-state index is 0.628. The first-order valence-corrected chi connectivity index (χ1v) is 7.13. The number of nitrogens with two attached hydrogens (primary N) is 1. The molecule has 0 spiro atoms. The van der Waals surface area contributed by atoms with Gasteiger partial charge in [-0.25, -0.2) is 9.97 Å². The van der Waals surface area contributed by atoms with Gasteiger partial charge in [-0.2, -0.15) is 0 Å². The summed E-state index contributed by atoms with van der Waals surface area (Å²) < 4.78 is 6.03. The number of anilines is 2. The van der Waals surface area contributed by atoms with Crippen molar-refractivity contribution in [1.82, 2.24) is 9.97 Å². The van der Waals surface area contributed by atoms with E-state index in [-0.39, 0.29) is 0 Å². The van der Waals surface area contributed by atoms with Crippen LogP contribution in [0.2, 0.25) is 0 Å². The first-order chi connectivity index (χ1) is 9.74. The normalized spacial score (nSPS) is 10.3. The van der Waals surface area contributed by atoms with Gasteiger partial charge in [-0.05, 0) is 53.2 Å². The molecule has 0 aliphatic heterocycles. The van der Waals surface area contributed by atoms with Crippen LogP contribution in [0.4, 0.5) is 11.6 Å². The highest BCUT2D eigenvalue weighted by Crippen LogP contribution is 2.25. The van der Waals surface area contributed by atoms with Crippen LogP contribution >= 0.6 is 15.9 Å². The van der Waals surface area contributed by atoms with Crippen LogP contribution in [0.15, 0.2) is 41.1 Å². The summed E-state index contributed by atoms with van der Waals surface area (Å²) in [7, 11) is 1.65. The second kappa shape index (κ2) is 7.21. The van der Waals surface area contributed by atoms with Crippen molar-refractivity contribution in [2.75, 3.05) is 25.1 Å². The Labute approximate surface area is 126 Å². The lowest BCUT2D eigenvalue weighted by atomic mass is 10.2. The first kappa shape index (κ1) is 14.7. The summed E-state index contributed by atoms with van der Waals surface area (Å²) in [4.78, 5) is 10.7. The van der Waals surface area contributed by atoms with Crippen molar-refractivity contribution >= 4 is 27.6 Å². The van der Waals surface area contributed by atoms with Gasteiger partial charge in [0, 0.05) is 24.6 Å². The van der Waals surface area contributed by atoms with E-state index >= 15 is 0 Å². The monoisotopic (exact) mass is 336 g/mol. The molecule has 0 radical (unpaired) electrons. The predicted octanol–water partition coefficient (Wildman–Crippen LogP) is 2.73. The van der Waals surface area contributed by atoms with Crippen LogP contribution in [0, 0.1) is 0 Å². The summed E-state index contributed by atoms with van der Waals surface area (Å²) in [5.41, 5.74) is 6.62. The highest BCUT2D eigenvalue weighted by Gasteiger charge is 2.11. The fraction of sp³-hybridized carbons (Fsp3) is 0.286. The van der Waals surface area contributed by atoms with Gasteiger partial charge in [0.1, 0.15) is 5.75 Å². The molecule has 0 saturated carbocycles. The van der Waals surface area contributed by atoms with E-state index in [1.807, 2.05) is 29.2 Å². The van der Waals surface area contributed by atoms with Crippen molar-refractivity contribution < 1.29 is 4.74 Å². The molecule has 0 aliphatic rings. The van der Waals surface area contributed by atoms with Crippen LogP contribution in [0.25, 0.3) is 0 Å². The highest BCUT2D eigenvalue weighted by atomic mass is 79.9. The lowest BCUT2D eigenvalue weighted by Gasteiger charge is -2.22. The van der Waals surface area contributed by atoms with Crippen LogP contribution in [0.1, 0.15) is 6.42 Å². The molecule has 0 bridgehead atoms. The average Bonchev–Trinajstić information content (AvgIpc) is 2.50. The Morgan fingerprint density at radius 1 is 1.20 bits per heavy atom. The van der Waals surface area contributed by atoms with Gasteiger partial charge in [0.2, 0.25) is 5.95 Å². The van der Waals surface area contributed by atoms with Crippen LogP contribution in [0.5, 0.6) is 5.75 Å². The lowest BCUT2D eigenvalue weighted by Crippen LogP contribution is -2.22. The van der Waals surface area contributed by atoms with Gasteiger partial charge in [-0.1, -0.05) is 0 Å². The Balaban J connectivity index is 2.27. The third-order valence-corrected chi connectivity index (χ3v) is 3.23. The molecular weight excluding hydrogens is 320 g/mol. The second-order valence-electron chi connectivity index (χ2n) is 4.19. The van der Waals surface area contributed by atoms with Crippen LogP contribution in [-0.2, 0) is 0 Å². The Morgan fingerprint density at radius 3 is 2.40 bits per heavy atom. The van der Waals surface area contributed by atoms with Gasteiger partial charge < -0.3 is 15.4 Å². The van der Waals surface area contributed by atoms with Gasteiger partial charge >= 0.3 is 0 Å². The Morgan fingerprint density at radius 2 is 1.85 bits per heavy atom. The van der Waals surface area contributed by atoms with Crippen LogP contribution in [-0.4, -0.2) is 30.2 Å². The van der Waals surface area contributed by atoms with Gasteiger partial charge in [0.05, 0.1) is 11.6 Å². The fourth-order valence-electron chi connectivity index (χ4n) is 1.80. The smallest absolute Gasteiger partial charge is 0.229 e. The maximum Gasteiger partial charge on any atom is 0.229 e. The number of ether oxygens (including phenoxy) is 1. The highest BCUT2D eigenvalue weighted by molar-refractivity contribution is 9.10. The van der Waals surface area contributed by atoms with Gasteiger partial charge in [0.15, 0.2) is 0 Å². The molecule has 0 aliphatic carbocycles. The number of rotatable bonds is 6. The fourth-order valence-corrected chi connectivity index (χ4v) is 2.01. The minimum atomic E-state index is 0.628. The maximum atomic E-state index is 5.61. The van der Waals surface area contributed by atoms with Gasteiger partial charge in [-0.3, -0.25) is 0 Å².